The molecule has 1 aliphatic carbocycles. The van der Waals surface area contributed by atoms with Gasteiger partial charge in [0.1, 0.15) is 6.07 Å². The molecule has 1 N–H and O–H groups in total. The number of para-hydroxylation sites is 1. The molecule has 0 atom stereocenters. The Bertz CT molecular complexity index is 444. The van der Waals surface area contributed by atoms with E-state index in [4.69, 9.17) is 5.26 Å². The number of rotatable bonds is 3. The molecule has 0 aliphatic heterocycles. The van der Waals surface area contributed by atoms with Crippen LogP contribution in [0.15, 0.2) is 24.3 Å². The number of likely N-dealkylation sites (N-methyl/N-ethyl adjacent to an activating group) is 1. The third-order valence-electron chi connectivity index (χ3n) is 3.75. The van der Waals surface area contributed by atoms with E-state index in [1.165, 1.54) is 6.42 Å². The van der Waals surface area contributed by atoms with E-state index in [1.54, 1.807) is 0 Å². The van der Waals surface area contributed by atoms with Gasteiger partial charge in [-0.1, -0.05) is 31.4 Å². The minimum absolute atomic E-state index is 0.588. The van der Waals surface area contributed by atoms with Gasteiger partial charge in [-0.05, 0) is 25.0 Å². The van der Waals surface area contributed by atoms with Crippen molar-refractivity contribution in [2.75, 3.05) is 18.5 Å². The van der Waals surface area contributed by atoms with Crippen molar-refractivity contribution in [2.24, 2.45) is 0 Å². The van der Waals surface area contributed by atoms with Gasteiger partial charge >= 0.3 is 0 Å². The van der Waals surface area contributed by atoms with E-state index < -0.39 is 5.60 Å². The van der Waals surface area contributed by atoms with Crippen LogP contribution in [0.1, 0.15) is 37.7 Å². The third kappa shape index (κ3) is 2.83. The summed E-state index contributed by atoms with van der Waals surface area (Å²) < 4.78 is 0. The van der Waals surface area contributed by atoms with Gasteiger partial charge < -0.3 is 10.0 Å². The fourth-order valence-corrected chi connectivity index (χ4v) is 2.80. The molecule has 0 radical (unpaired) electrons. The summed E-state index contributed by atoms with van der Waals surface area (Å²) in [7, 11) is 1.95. The predicted octanol–water partition coefficient (Wildman–Crippen LogP) is 2.69. The summed E-state index contributed by atoms with van der Waals surface area (Å²) in [4.78, 5) is 2.00. The fraction of sp³-hybridized carbons (Fsp3) is 0.533. The zero-order valence-electron chi connectivity index (χ0n) is 10.9. The summed E-state index contributed by atoms with van der Waals surface area (Å²) in [6, 6.07) is 9.75. The van der Waals surface area contributed by atoms with Crippen LogP contribution >= 0.6 is 0 Å². The Labute approximate surface area is 109 Å². The summed E-state index contributed by atoms with van der Waals surface area (Å²) in [5, 5.41) is 19.6. The van der Waals surface area contributed by atoms with Crippen molar-refractivity contribution in [3.63, 3.8) is 0 Å². The molecule has 0 amide bonds. The maximum absolute atomic E-state index is 10.5. The number of nitriles is 1. The smallest absolute Gasteiger partial charge is 0.101 e. The maximum Gasteiger partial charge on any atom is 0.101 e. The zero-order chi connectivity index (χ0) is 13.0. The Morgan fingerprint density at radius 1 is 1.28 bits per heavy atom. The van der Waals surface area contributed by atoms with Crippen molar-refractivity contribution in [3.8, 4) is 6.07 Å². The molecular formula is C15H20N2O. The van der Waals surface area contributed by atoms with Crippen molar-refractivity contribution in [1.29, 1.82) is 5.26 Å². The summed E-state index contributed by atoms with van der Waals surface area (Å²) in [5.41, 5.74) is 0.980. The Balaban J connectivity index is 2.12. The molecule has 1 fully saturated rings. The van der Waals surface area contributed by atoms with Gasteiger partial charge in [0, 0.05) is 13.6 Å². The topological polar surface area (TPSA) is 47.3 Å². The lowest BCUT2D eigenvalue weighted by atomic mass is 9.84. The number of aliphatic hydroxyl groups is 1. The lowest BCUT2D eigenvalue weighted by Gasteiger charge is -2.36. The number of hydrogen-bond donors (Lipinski definition) is 1. The van der Waals surface area contributed by atoms with Crippen LogP contribution in [0, 0.1) is 11.3 Å². The Hall–Kier alpha value is -1.53. The van der Waals surface area contributed by atoms with Crippen LogP contribution in [0.5, 0.6) is 0 Å². The highest BCUT2D eigenvalue weighted by atomic mass is 16.3. The standard InChI is InChI=1S/C15H20N2O/c1-17(12-15(18)9-5-2-6-10-15)14-8-4-3-7-13(14)11-16/h3-4,7-8,18H,2,5-6,9-10,12H2,1H3. The molecule has 0 saturated heterocycles. The molecule has 1 aliphatic rings. The Kier molecular flexibility index (Phi) is 3.88. The van der Waals surface area contributed by atoms with E-state index in [0.717, 1.165) is 31.4 Å². The molecule has 96 valence electrons. The van der Waals surface area contributed by atoms with Gasteiger partial charge in [-0.15, -0.1) is 0 Å². The monoisotopic (exact) mass is 244 g/mol. The van der Waals surface area contributed by atoms with Gasteiger partial charge in [-0.25, -0.2) is 0 Å². The van der Waals surface area contributed by atoms with E-state index in [-0.39, 0.29) is 0 Å². The van der Waals surface area contributed by atoms with Crippen LogP contribution < -0.4 is 4.90 Å². The van der Waals surface area contributed by atoms with Crippen molar-refractivity contribution < 1.29 is 5.11 Å². The van der Waals surface area contributed by atoms with Gasteiger partial charge in [0.05, 0.1) is 16.9 Å². The van der Waals surface area contributed by atoms with Crippen LogP contribution in [-0.4, -0.2) is 24.3 Å². The van der Waals surface area contributed by atoms with Crippen molar-refractivity contribution >= 4 is 5.69 Å². The number of benzene rings is 1. The van der Waals surface area contributed by atoms with E-state index >= 15 is 0 Å². The van der Waals surface area contributed by atoms with Crippen LogP contribution in [-0.2, 0) is 0 Å². The average Bonchev–Trinajstić information content (AvgIpc) is 2.39. The third-order valence-corrected chi connectivity index (χ3v) is 3.75. The van der Waals surface area contributed by atoms with Crippen LogP contribution in [0.2, 0.25) is 0 Å². The molecule has 0 spiro atoms. The minimum Gasteiger partial charge on any atom is -0.388 e. The largest absolute Gasteiger partial charge is 0.388 e. The lowest BCUT2D eigenvalue weighted by Crippen LogP contribution is -2.43. The summed E-state index contributed by atoms with van der Waals surface area (Å²) >= 11 is 0. The van der Waals surface area contributed by atoms with Crippen molar-refractivity contribution in [1.82, 2.24) is 0 Å². The predicted molar refractivity (Wildman–Crippen MR) is 72.5 cm³/mol. The van der Waals surface area contributed by atoms with Crippen LogP contribution in [0.25, 0.3) is 0 Å². The molecule has 1 saturated carbocycles. The van der Waals surface area contributed by atoms with Gasteiger partial charge in [0.2, 0.25) is 0 Å². The van der Waals surface area contributed by atoms with Gasteiger partial charge in [-0.2, -0.15) is 5.26 Å². The highest BCUT2D eigenvalue weighted by Crippen LogP contribution is 2.30. The number of anilines is 1. The average molecular weight is 244 g/mol. The fourth-order valence-electron chi connectivity index (χ4n) is 2.80. The first kappa shape index (κ1) is 12.9. The Morgan fingerprint density at radius 3 is 2.61 bits per heavy atom. The van der Waals surface area contributed by atoms with E-state index in [0.29, 0.717) is 12.1 Å². The second-order valence-corrected chi connectivity index (χ2v) is 5.27. The van der Waals surface area contributed by atoms with Gasteiger partial charge in [0.15, 0.2) is 0 Å². The zero-order valence-corrected chi connectivity index (χ0v) is 10.9. The van der Waals surface area contributed by atoms with E-state index in [2.05, 4.69) is 6.07 Å². The SMILES string of the molecule is CN(CC1(O)CCCCC1)c1ccccc1C#N. The summed E-state index contributed by atoms with van der Waals surface area (Å²) in [5.74, 6) is 0. The maximum atomic E-state index is 10.5. The van der Waals surface area contributed by atoms with Gasteiger partial charge in [-0.3, -0.25) is 0 Å². The van der Waals surface area contributed by atoms with Crippen LogP contribution in [0.3, 0.4) is 0 Å². The van der Waals surface area contributed by atoms with Crippen molar-refractivity contribution in [2.45, 2.75) is 37.7 Å². The molecule has 0 unspecified atom stereocenters. The summed E-state index contributed by atoms with van der Waals surface area (Å²) in [6.07, 6.45) is 5.16. The minimum atomic E-state index is -0.588. The number of nitrogens with zero attached hydrogens (tertiary/aromatic N) is 2. The molecule has 3 nitrogen and oxygen atoms in total. The normalized spacial score (nSPS) is 18.1. The van der Waals surface area contributed by atoms with Crippen LogP contribution in [0.4, 0.5) is 5.69 Å². The highest BCUT2D eigenvalue weighted by molar-refractivity contribution is 5.58. The molecule has 0 bridgehead atoms. The van der Waals surface area contributed by atoms with E-state index in [9.17, 15) is 5.11 Å². The first-order chi connectivity index (χ1) is 8.64. The molecule has 2 rings (SSSR count). The second kappa shape index (κ2) is 5.41. The van der Waals surface area contributed by atoms with E-state index in [1.807, 2.05) is 36.2 Å². The quantitative estimate of drug-likeness (QED) is 0.889. The van der Waals surface area contributed by atoms with Crippen molar-refractivity contribution in [3.05, 3.63) is 29.8 Å². The molecule has 3 heteroatoms. The molecule has 1 aromatic rings. The Morgan fingerprint density at radius 2 is 1.94 bits per heavy atom. The molecule has 0 heterocycles. The molecule has 1 aromatic carbocycles. The number of hydrogen-bond acceptors (Lipinski definition) is 3. The first-order valence-electron chi connectivity index (χ1n) is 6.57. The van der Waals surface area contributed by atoms with Gasteiger partial charge in [0.25, 0.3) is 0 Å². The highest BCUT2D eigenvalue weighted by Gasteiger charge is 2.30. The molecular weight excluding hydrogens is 224 g/mol. The molecule has 0 aromatic heterocycles. The second-order valence-electron chi connectivity index (χ2n) is 5.27. The first-order valence-corrected chi connectivity index (χ1v) is 6.57. The summed E-state index contributed by atoms with van der Waals surface area (Å²) in [6.45, 7) is 0.603. The lowest BCUT2D eigenvalue weighted by molar-refractivity contribution is 0.0119. The molecule has 18 heavy (non-hydrogen) atoms.